The van der Waals surface area contributed by atoms with Crippen molar-refractivity contribution in [3.63, 3.8) is 0 Å². The number of nitrogens with two attached hydrogens (primary N) is 1. The molecule has 1 saturated carbocycles. The van der Waals surface area contributed by atoms with Gasteiger partial charge in [0.25, 0.3) is 0 Å². The second-order valence-corrected chi connectivity index (χ2v) is 5.03. The predicted molar refractivity (Wildman–Crippen MR) is 70.9 cm³/mol. The highest BCUT2D eigenvalue weighted by molar-refractivity contribution is 5.40. The van der Waals surface area contributed by atoms with Crippen molar-refractivity contribution in [1.82, 2.24) is 9.97 Å². The number of aromatic nitrogens is 2. The third-order valence-corrected chi connectivity index (χ3v) is 3.72. The number of hydrogen-bond donors (Lipinski definition) is 1. The van der Waals surface area contributed by atoms with E-state index in [0.29, 0.717) is 5.92 Å². The molecule has 0 unspecified atom stereocenters. The summed E-state index contributed by atoms with van der Waals surface area (Å²) in [4.78, 5) is 9.10. The molecule has 0 radical (unpaired) electrons. The Bertz CT molecular complexity index is 354. The van der Waals surface area contributed by atoms with Gasteiger partial charge < -0.3 is 5.73 Å². The van der Waals surface area contributed by atoms with E-state index < -0.39 is 0 Å². The molecule has 1 aliphatic rings. The van der Waals surface area contributed by atoms with Crippen molar-refractivity contribution in [3.8, 4) is 0 Å². The second-order valence-electron chi connectivity index (χ2n) is 5.03. The summed E-state index contributed by atoms with van der Waals surface area (Å²) in [6.07, 6.45) is 11.9. The van der Waals surface area contributed by atoms with E-state index in [0.717, 1.165) is 23.6 Å². The van der Waals surface area contributed by atoms with Gasteiger partial charge in [-0.3, -0.25) is 0 Å². The van der Waals surface area contributed by atoms with Gasteiger partial charge in [0.05, 0.1) is 17.6 Å². The van der Waals surface area contributed by atoms with Crippen molar-refractivity contribution < 1.29 is 0 Å². The van der Waals surface area contributed by atoms with E-state index in [1.165, 1.54) is 44.9 Å². The fourth-order valence-electron chi connectivity index (χ4n) is 2.64. The zero-order valence-corrected chi connectivity index (χ0v) is 10.8. The molecule has 1 aliphatic carbocycles. The molecule has 94 valence electrons. The second kappa shape index (κ2) is 5.99. The quantitative estimate of drug-likeness (QED) is 0.851. The summed E-state index contributed by atoms with van der Waals surface area (Å²) in [7, 11) is 0. The lowest BCUT2D eigenvalue weighted by Crippen LogP contribution is -2.10. The lowest BCUT2D eigenvalue weighted by atomic mass is 9.90. The van der Waals surface area contributed by atoms with Crippen LogP contribution in [0.15, 0.2) is 6.20 Å². The molecule has 0 atom stereocenters. The van der Waals surface area contributed by atoms with Crippen LogP contribution in [0.25, 0.3) is 0 Å². The van der Waals surface area contributed by atoms with E-state index in [1.54, 1.807) is 6.20 Å². The zero-order valence-electron chi connectivity index (χ0n) is 10.8. The molecular weight excluding hydrogens is 210 g/mol. The van der Waals surface area contributed by atoms with Crippen molar-refractivity contribution in [2.45, 2.75) is 64.2 Å². The largest absolute Gasteiger partial charge is 0.396 e. The van der Waals surface area contributed by atoms with Crippen molar-refractivity contribution in [2.24, 2.45) is 0 Å². The number of rotatable bonds is 2. The molecule has 0 bridgehead atoms. The molecule has 17 heavy (non-hydrogen) atoms. The van der Waals surface area contributed by atoms with Gasteiger partial charge in [0.2, 0.25) is 0 Å². The fourth-order valence-corrected chi connectivity index (χ4v) is 2.64. The summed E-state index contributed by atoms with van der Waals surface area (Å²) in [5.41, 5.74) is 7.61. The van der Waals surface area contributed by atoms with Crippen LogP contribution < -0.4 is 5.73 Å². The van der Waals surface area contributed by atoms with E-state index in [1.807, 2.05) is 0 Å². The standard InChI is InChI=1S/C14H23N3/c1-2-13-12(15)10-16-14(17-13)11-8-6-4-3-5-7-9-11/h10-11H,2-9,15H2,1H3. The van der Waals surface area contributed by atoms with Crippen molar-refractivity contribution in [1.29, 1.82) is 0 Å². The number of hydrogen-bond acceptors (Lipinski definition) is 3. The Balaban J connectivity index is 2.13. The molecular formula is C14H23N3. The van der Waals surface area contributed by atoms with E-state index in [2.05, 4.69) is 16.9 Å². The maximum atomic E-state index is 5.86. The van der Waals surface area contributed by atoms with Gasteiger partial charge in [-0.05, 0) is 19.3 Å². The lowest BCUT2D eigenvalue weighted by molar-refractivity contribution is 0.441. The summed E-state index contributed by atoms with van der Waals surface area (Å²) >= 11 is 0. The number of anilines is 1. The molecule has 0 amide bonds. The first-order valence-corrected chi connectivity index (χ1v) is 6.92. The van der Waals surface area contributed by atoms with Crippen LogP contribution in [0, 0.1) is 0 Å². The molecule has 1 fully saturated rings. The average molecular weight is 233 g/mol. The molecule has 0 aliphatic heterocycles. The Morgan fingerprint density at radius 1 is 1.18 bits per heavy atom. The minimum atomic E-state index is 0.557. The zero-order chi connectivity index (χ0) is 12.1. The SMILES string of the molecule is CCc1nc(C2CCCCCCC2)ncc1N. The Kier molecular flexibility index (Phi) is 4.35. The van der Waals surface area contributed by atoms with Gasteiger partial charge in [-0.1, -0.05) is 39.0 Å². The van der Waals surface area contributed by atoms with Crippen LogP contribution in [-0.2, 0) is 6.42 Å². The van der Waals surface area contributed by atoms with Gasteiger partial charge >= 0.3 is 0 Å². The smallest absolute Gasteiger partial charge is 0.131 e. The Morgan fingerprint density at radius 2 is 1.82 bits per heavy atom. The topological polar surface area (TPSA) is 51.8 Å². The molecule has 0 aromatic carbocycles. The van der Waals surface area contributed by atoms with E-state index in [9.17, 15) is 0 Å². The summed E-state index contributed by atoms with van der Waals surface area (Å²) in [6, 6.07) is 0. The normalized spacial score (nSPS) is 18.6. The van der Waals surface area contributed by atoms with E-state index in [4.69, 9.17) is 5.73 Å². The molecule has 0 spiro atoms. The molecule has 1 aromatic rings. The monoisotopic (exact) mass is 233 g/mol. The summed E-state index contributed by atoms with van der Waals surface area (Å²) in [5, 5.41) is 0. The molecule has 0 saturated heterocycles. The van der Waals surface area contributed by atoms with Crippen molar-refractivity contribution >= 4 is 5.69 Å². The van der Waals surface area contributed by atoms with Gasteiger partial charge in [0, 0.05) is 5.92 Å². The maximum Gasteiger partial charge on any atom is 0.131 e. The Labute approximate surface area is 104 Å². The molecule has 3 heteroatoms. The van der Waals surface area contributed by atoms with Gasteiger partial charge in [-0.25, -0.2) is 9.97 Å². The molecule has 3 nitrogen and oxygen atoms in total. The molecule has 2 N–H and O–H groups in total. The average Bonchev–Trinajstić information content (AvgIpc) is 2.30. The number of aryl methyl sites for hydroxylation is 1. The lowest BCUT2D eigenvalue weighted by Gasteiger charge is -2.19. The van der Waals surface area contributed by atoms with Crippen LogP contribution in [0.1, 0.15) is 69.3 Å². The first-order valence-electron chi connectivity index (χ1n) is 6.92. The Morgan fingerprint density at radius 3 is 2.47 bits per heavy atom. The molecule has 2 rings (SSSR count). The van der Waals surface area contributed by atoms with Gasteiger partial charge in [0.1, 0.15) is 5.82 Å². The van der Waals surface area contributed by atoms with Crippen molar-refractivity contribution in [2.75, 3.05) is 5.73 Å². The van der Waals surface area contributed by atoms with Crippen LogP contribution in [-0.4, -0.2) is 9.97 Å². The minimum absolute atomic E-state index is 0.557. The first kappa shape index (κ1) is 12.3. The van der Waals surface area contributed by atoms with Crippen LogP contribution in [0.5, 0.6) is 0 Å². The highest BCUT2D eigenvalue weighted by Gasteiger charge is 2.17. The van der Waals surface area contributed by atoms with Gasteiger partial charge in [-0.2, -0.15) is 0 Å². The summed E-state index contributed by atoms with van der Waals surface area (Å²) < 4.78 is 0. The van der Waals surface area contributed by atoms with Crippen LogP contribution in [0.2, 0.25) is 0 Å². The molecule has 1 heterocycles. The summed E-state index contributed by atoms with van der Waals surface area (Å²) in [5.74, 6) is 1.58. The van der Waals surface area contributed by atoms with Gasteiger partial charge in [0.15, 0.2) is 0 Å². The molecule has 1 aromatic heterocycles. The number of nitrogen functional groups attached to an aromatic ring is 1. The Hall–Kier alpha value is -1.12. The maximum absolute atomic E-state index is 5.86. The summed E-state index contributed by atoms with van der Waals surface area (Å²) in [6.45, 7) is 2.10. The van der Waals surface area contributed by atoms with E-state index in [-0.39, 0.29) is 0 Å². The predicted octanol–water partition coefficient (Wildman–Crippen LogP) is 3.45. The van der Waals surface area contributed by atoms with Crippen LogP contribution in [0.4, 0.5) is 5.69 Å². The third-order valence-electron chi connectivity index (χ3n) is 3.72. The van der Waals surface area contributed by atoms with Crippen LogP contribution >= 0.6 is 0 Å². The highest BCUT2D eigenvalue weighted by atomic mass is 14.9. The van der Waals surface area contributed by atoms with E-state index >= 15 is 0 Å². The fraction of sp³-hybridized carbons (Fsp3) is 0.714. The third kappa shape index (κ3) is 3.18. The van der Waals surface area contributed by atoms with Crippen LogP contribution in [0.3, 0.4) is 0 Å². The minimum Gasteiger partial charge on any atom is -0.396 e. The highest BCUT2D eigenvalue weighted by Crippen LogP contribution is 2.29. The van der Waals surface area contributed by atoms with Crippen molar-refractivity contribution in [3.05, 3.63) is 17.7 Å². The first-order chi connectivity index (χ1) is 8.31. The van der Waals surface area contributed by atoms with Gasteiger partial charge in [-0.15, -0.1) is 0 Å². The number of nitrogens with zero attached hydrogens (tertiary/aromatic N) is 2.